The van der Waals surface area contributed by atoms with E-state index in [2.05, 4.69) is 9.88 Å². The van der Waals surface area contributed by atoms with Gasteiger partial charge < -0.3 is 18.9 Å². The molecule has 6 nitrogen and oxygen atoms in total. The van der Waals surface area contributed by atoms with Crippen LogP contribution in [-0.4, -0.2) is 70.5 Å². The standard InChI is InChI=1S/C21H30N4O2/c1-17-19(25-12-6-3-8-20(25)22-17)14-21(26)24-11-7-13-27-18(16-24)15-23-9-4-2-5-10-23/h3,6,8,12,18H,2,4-5,7,9-11,13-16H2,1H3/t18-/m0/s1. The van der Waals surface area contributed by atoms with Crippen molar-refractivity contribution in [1.29, 1.82) is 0 Å². The highest BCUT2D eigenvalue weighted by Gasteiger charge is 2.26. The number of fused-ring (bicyclic) bond motifs is 1. The van der Waals surface area contributed by atoms with Crippen molar-refractivity contribution in [2.45, 2.75) is 45.1 Å². The van der Waals surface area contributed by atoms with Gasteiger partial charge in [-0.1, -0.05) is 12.5 Å². The number of carbonyl (C=O) groups is 1. The molecular formula is C21H30N4O2. The molecule has 0 N–H and O–H groups in total. The first-order valence-electron chi connectivity index (χ1n) is 10.2. The molecule has 2 fully saturated rings. The Morgan fingerprint density at radius 3 is 2.89 bits per heavy atom. The zero-order valence-electron chi connectivity index (χ0n) is 16.3. The van der Waals surface area contributed by atoms with Crippen LogP contribution >= 0.6 is 0 Å². The summed E-state index contributed by atoms with van der Waals surface area (Å²) in [6.07, 6.45) is 7.32. The zero-order valence-corrected chi connectivity index (χ0v) is 16.3. The second-order valence-corrected chi connectivity index (χ2v) is 7.80. The summed E-state index contributed by atoms with van der Waals surface area (Å²) in [4.78, 5) is 22.2. The number of nitrogens with zero attached hydrogens (tertiary/aromatic N) is 4. The molecule has 4 rings (SSSR count). The highest BCUT2D eigenvalue weighted by atomic mass is 16.5. The second-order valence-electron chi connectivity index (χ2n) is 7.80. The summed E-state index contributed by atoms with van der Waals surface area (Å²) in [5, 5.41) is 0. The van der Waals surface area contributed by atoms with E-state index < -0.39 is 0 Å². The minimum Gasteiger partial charge on any atom is -0.375 e. The fourth-order valence-corrected chi connectivity index (χ4v) is 4.29. The number of imidazole rings is 1. The Labute approximate surface area is 161 Å². The molecule has 2 aliphatic heterocycles. The molecule has 4 heterocycles. The Kier molecular flexibility index (Phi) is 5.74. The second kappa shape index (κ2) is 8.40. The van der Waals surface area contributed by atoms with E-state index in [0.29, 0.717) is 13.0 Å². The van der Waals surface area contributed by atoms with Gasteiger partial charge >= 0.3 is 0 Å². The van der Waals surface area contributed by atoms with Crippen LogP contribution in [0.3, 0.4) is 0 Å². The van der Waals surface area contributed by atoms with E-state index in [-0.39, 0.29) is 12.0 Å². The molecule has 1 atom stereocenters. The summed E-state index contributed by atoms with van der Waals surface area (Å²) < 4.78 is 8.10. The number of hydrogen-bond acceptors (Lipinski definition) is 4. The van der Waals surface area contributed by atoms with E-state index in [9.17, 15) is 4.79 Å². The van der Waals surface area contributed by atoms with Gasteiger partial charge in [0.05, 0.1) is 23.9 Å². The van der Waals surface area contributed by atoms with Crippen LogP contribution in [0.5, 0.6) is 0 Å². The first kappa shape index (κ1) is 18.4. The lowest BCUT2D eigenvalue weighted by atomic mass is 10.1. The van der Waals surface area contributed by atoms with Gasteiger partial charge in [-0.3, -0.25) is 4.79 Å². The van der Waals surface area contributed by atoms with Crippen molar-refractivity contribution >= 4 is 11.6 Å². The maximum absolute atomic E-state index is 13.1. The Bertz CT molecular complexity index is 782. The number of carbonyl (C=O) groups excluding carboxylic acids is 1. The van der Waals surface area contributed by atoms with E-state index in [1.165, 1.54) is 19.3 Å². The van der Waals surface area contributed by atoms with Crippen molar-refractivity contribution in [2.75, 3.05) is 39.3 Å². The lowest BCUT2D eigenvalue weighted by molar-refractivity contribution is -0.131. The van der Waals surface area contributed by atoms with Crippen LogP contribution in [0.25, 0.3) is 5.65 Å². The van der Waals surface area contributed by atoms with E-state index in [4.69, 9.17) is 4.74 Å². The third kappa shape index (κ3) is 4.33. The van der Waals surface area contributed by atoms with Gasteiger partial charge in [0.2, 0.25) is 5.91 Å². The predicted molar refractivity (Wildman–Crippen MR) is 105 cm³/mol. The van der Waals surface area contributed by atoms with Crippen LogP contribution in [0.1, 0.15) is 37.1 Å². The lowest BCUT2D eigenvalue weighted by Gasteiger charge is -2.31. The van der Waals surface area contributed by atoms with Gasteiger partial charge in [-0.05, 0) is 51.4 Å². The first-order chi connectivity index (χ1) is 13.2. The van der Waals surface area contributed by atoms with Gasteiger partial charge in [-0.2, -0.15) is 0 Å². The molecule has 0 bridgehead atoms. The molecule has 0 aromatic carbocycles. The minimum absolute atomic E-state index is 0.123. The highest BCUT2D eigenvalue weighted by Crippen LogP contribution is 2.16. The van der Waals surface area contributed by atoms with Gasteiger partial charge in [-0.15, -0.1) is 0 Å². The van der Waals surface area contributed by atoms with Crippen molar-refractivity contribution in [2.24, 2.45) is 0 Å². The van der Waals surface area contributed by atoms with Gasteiger partial charge in [0.25, 0.3) is 0 Å². The molecule has 0 radical (unpaired) electrons. The Balaban J connectivity index is 1.42. The van der Waals surface area contributed by atoms with Crippen LogP contribution in [0, 0.1) is 6.92 Å². The third-order valence-corrected chi connectivity index (χ3v) is 5.76. The topological polar surface area (TPSA) is 50.1 Å². The molecular weight excluding hydrogens is 340 g/mol. The molecule has 0 spiro atoms. The lowest BCUT2D eigenvalue weighted by Crippen LogP contribution is -2.44. The maximum Gasteiger partial charge on any atom is 0.228 e. The smallest absolute Gasteiger partial charge is 0.228 e. The SMILES string of the molecule is Cc1nc2ccccn2c1CC(=O)N1CCCO[C@@H](CN2CCCCC2)C1. The van der Waals surface area contributed by atoms with Gasteiger partial charge in [0.1, 0.15) is 5.65 Å². The normalized spacial score (nSPS) is 22.1. The van der Waals surface area contributed by atoms with Crippen molar-refractivity contribution < 1.29 is 9.53 Å². The number of aryl methyl sites for hydroxylation is 1. The average molecular weight is 370 g/mol. The van der Waals surface area contributed by atoms with Crippen LogP contribution in [0.4, 0.5) is 0 Å². The van der Waals surface area contributed by atoms with E-state index >= 15 is 0 Å². The van der Waals surface area contributed by atoms with Crippen molar-refractivity contribution in [3.63, 3.8) is 0 Å². The number of hydrogen-bond donors (Lipinski definition) is 0. The summed E-state index contributed by atoms with van der Waals surface area (Å²) in [6.45, 7) is 7.48. The average Bonchev–Trinajstić information content (AvgIpc) is 2.84. The number of ether oxygens (including phenoxy) is 1. The summed E-state index contributed by atoms with van der Waals surface area (Å²) in [5.74, 6) is 0.179. The summed E-state index contributed by atoms with van der Waals surface area (Å²) in [5.41, 5.74) is 2.83. The van der Waals surface area contributed by atoms with Crippen molar-refractivity contribution in [3.8, 4) is 0 Å². The van der Waals surface area contributed by atoms with Gasteiger partial charge in [0.15, 0.2) is 0 Å². The molecule has 0 unspecified atom stereocenters. The third-order valence-electron chi connectivity index (χ3n) is 5.76. The zero-order chi connectivity index (χ0) is 18.6. The fourth-order valence-electron chi connectivity index (χ4n) is 4.29. The quantitative estimate of drug-likeness (QED) is 0.829. The van der Waals surface area contributed by atoms with Crippen molar-refractivity contribution in [1.82, 2.24) is 19.2 Å². The first-order valence-corrected chi connectivity index (χ1v) is 10.2. The Hall–Kier alpha value is -1.92. The number of pyridine rings is 1. The number of aromatic nitrogens is 2. The summed E-state index contributed by atoms with van der Waals surface area (Å²) in [7, 11) is 0. The van der Waals surface area contributed by atoms with E-state index in [0.717, 1.165) is 56.2 Å². The van der Waals surface area contributed by atoms with Crippen LogP contribution in [0.2, 0.25) is 0 Å². The fraction of sp³-hybridized carbons (Fsp3) is 0.619. The molecule has 146 valence electrons. The van der Waals surface area contributed by atoms with E-state index in [1.807, 2.05) is 40.6 Å². The van der Waals surface area contributed by atoms with Crippen molar-refractivity contribution in [3.05, 3.63) is 35.8 Å². The summed E-state index contributed by atoms with van der Waals surface area (Å²) >= 11 is 0. The number of piperidine rings is 1. The monoisotopic (exact) mass is 370 g/mol. The molecule has 2 aromatic heterocycles. The molecule has 2 aliphatic rings. The predicted octanol–water partition coefficient (Wildman–Crippen LogP) is 2.29. The molecule has 27 heavy (non-hydrogen) atoms. The number of likely N-dealkylation sites (tertiary alicyclic amines) is 1. The van der Waals surface area contributed by atoms with Gasteiger partial charge in [0, 0.05) is 32.4 Å². The van der Waals surface area contributed by atoms with Crippen LogP contribution in [0.15, 0.2) is 24.4 Å². The summed E-state index contributed by atoms with van der Waals surface area (Å²) in [6, 6.07) is 5.94. The maximum atomic E-state index is 13.1. The highest BCUT2D eigenvalue weighted by molar-refractivity contribution is 5.79. The van der Waals surface area contributed by atoms with E-state index in [1.54, 1.807) is 0 Å². The molecule has 6 heteroatoms. The Morgan fingerprint density at radius 2 is 2.04 bits per heavy atom. The molecule has 2 saturated heterocycles. The van der Waals surface area contributed by atoms with Crippen LogP contribution < -0.4 is 0 Å². The molecule has 2 aromatic rings. The largest absolute Gasteiger partial charge is 0.375 e. The number of rotatable bonds is 4. The number of amides is 1. The molecule has 0 saturated carbocycles. The molecule has 0 aliphatic carbocycles. The minimum atomic E-state index is 0.123. The Morgan fingerprint density at radius 1 is 1.19 bits per heavy atom. The van der Waals surface area contributed by atoms with Gasteiger partial charge in [-0.25, -0.2) is 4.98 Å². The van der Waals surface area contributed by atoms with Crippen LogP contribution in [-0.2, 0) is 16.0 Å². The molecule has 1 amide bonds.